The van der Waals surface area contributed by atoms with Crippen molar-refractivity contribution in [2.75, 3.05) is 7.11 Å². The number of nitrogens with one attached hydrogen (secondary N) is 1. The van der Waals surface area contributed by atoms with E-state index in [1.165, 1.54) is 10.5 Å². The molecule has 1 aromatic carbocycles. The van der Waals surface area contributed by atoms with Crippen molar-refractivity contribution in [2.45, 2.75) is 23.5 Å². The molecular weight excluding hydrogens is 220 g/mol. The van der Waals surface area contributed by atoms with Crippen molar-refractivity contribution in [3.8, 4) is 0 Å². The number of nitrogens with zero attached hydrogens (tertiary/aromatic N) is 1. The topological polar surface area (TPSA) is 37.9 Å². The lowest BCUT2D eigenvalue weighted by molar-refractivity contribution is 0.179. The number of methoxy groups -OCH3 is 1. The van der Waals surface area contributed by atoms with Gasteiger partial charge in [-0.25, -0.2) is 4.98 Å². The lowest BCUT2D eigenvalue weighted by Gasteiger charge is -2.02. The summed E-state index contributed by atoms with van der Waals surface area (Å²) in [5, 5.41) is 0.978. The maximum Gasteiger partial charge on any atom is 0.124 e. The molecule has 0 saturated heterocycles. The van der Waals surface area contributed by atoms with Gasteiger partial charge in [0.25, 0.3) is 0 Å². The molecular formula is C12H14N2OS. The summed E-state index contributed by atoms with van der Waals surface area (Å²) in [6.45, 7) is 2.65. The van der Waals surface area contributed by atoms with E-state index in [1.807, 2.05) is 0 Å². The molecule has 2 aromatic rings. The Morgan fingerprint density at radius 1 is 1.31 bits per heavy atom. The van der Waals surface area contributed by atoms with Crippen LogP contribution >= 0.6 is 11.8 Å². The van der Waals surface area contributed by atoms with Gasteiger partial charge in [-0.15, -0.1) is 0 Å². The molecule has 0 amide bonds. The molecule has 1 N–H and O–H groups in total. The molecule has 84 valence electrons. The van der Waals surface area contributed by atoms with Crippen LogP contribution in [-0.2, 0) is 11.3 Å². The van der Waals surface area contributed by atoms with E-state index >= 15 is 0 Å². The lowest BCUT2D eigenvalue weighted by atomic mass is 10.2. The molecule has 0 atom stereocenters. The van der Waals surface area contributed by atoms with Crippen LogP contribution in [-0.4, -0.2) is 17.1 Å². The fourth-order valence-electron chi connectivity index (χ4n) is 1.36. The van der Waals surface area contributed by atoms with Gasteiger partial charge in [0.15, 0.2) is 0 Å². The van der Waals surface area contributed by atoms with Gasteiger partial charge in [-0.2, -0.15) is 0 Å². The van der Waals surface area contributed by atoms with Gasteiger partial charge in [-0.1, -0.05) is 29.5 Å². The zero-order chi connectivity index (χ0) is 11.4. The maximum absolute atomic E-state index is 5.10. The Morgan fingerprint density at radius 3 is 2.75 bits per heavy atom. The van der Waals surface area contributed by atoms with Gasteiger partial charge in [0.05, 0.1) is 18.6 Å². The quantitative estimate of drug-likeness (QED) is 0.883. The molecule has 0 radical (unpaired) electrons. The highest BCUT2D eigenvalue weighted by atomic mass is 32.2. The van der Waals surface area contributed by atoms with Crippen LogP contribution in [0.2, 0.25) is 0 Å². The zero-order valence-corrected chi connectivity index (χ0v) is 10.2. The minimum Gasteiger partial charge on any atom is -0.378 e. The summed E-state index contributed by atoms with van der Waals surface area (Å²) in [5.41, 5.74) is 2.29. The smallest absolute Gasteiger partial charge is 0.124 e. The van der Waals surface area contributed by atoms with E-state index in [0.29, 0.717) is 6.61 Å². The van der Waals surface area contributed by atoms with Crippen LogP contribution in [0.25, 0.3) is 0 Å². The Morgan fingerprint density at radius 2 is 2.06 bits per heavy atom. The van der Waals surface area contributed by atoms with Gasteiger partial charge >= 0.3 is 0 Å². The van der Waals surface area contributed by atoms with E-state index in [2.05, 4.69) is 41.2 Å². The number of aryl methyl sites for hydroxylation is 1. The molecule has 0 aliphatic rings. The van der Waals surface area contributed by atoms with Crippen LogP contribution in [0.5, 0.6) is 0 Å². The number of hydrogen-bond donors (Lipinski definition) is 1. The van der Waals surface area contributed by atoms with E-state index in [4.69, 9.17) is 4.74 Å². The summed E-state index contributed by atoms with van der Waals surface area (Å²) in [7, 11) is 1.68. The molecule has 2 rings (SSSR count). The van der Waals surface area contributed by atoms with E-state index < -0.39 is 0 Å². The number of rotatable bonds is 4. The highest BCUT2D eigenvalue weighted by Gasteiger charge is 2.06. The van der Waals surface area contributed by atoms with Crippen LogP contribution in [0.4, 0.5) is 0 Å². The average Bonchev–Trinajstić information content (AvgIpc) is 2.70. The first kappa shape index (κ1) is 11.2. The minimum atomic E-state index is 0.564. The first-order chi connectivity index (χ1) is 7.79. The molecule has 0 unspecified atom stereocenters. The van der Waals surface area contributed by atoms with Crippen molar-refractivity contribution in [2.24, 2.45) is 0 Å². The van der Waals surface area contributed by atoms with E-state index in [9.17, 15) is 0 Å². The van der Waals surface area contributed by atoms with E-state index in [0.717, 1.165) is 10.7 Å². The molecule has 16 heavy (non-hydrogen) atoms. The van der Waals surface area contributed by atoms with Crippen LogP contribution in [0.3, 0.4) is 0 Å². The van der Waals surface area contributed by atoms with Crippen LogP contribution in [0.1, 0.15) is 11.3 Å². The molecule has 0 aliphatic heterocycles. The average molecular weight is 234 g/mol. The summed E-state index contributed by atoms with van der Waals surface area (Å²) in [4.78, 5) is 8.55. The molecule has 0 aliphatic carbocycles. The van der Waals surface area contributed by atoms with Crippen LogP contribution < -0.4 is 0 Å². The van der Waals surface area contributed by atoms with E-state index in [1.54, 1.807) is 25.2 Å². The number of imidazole rings is 1. The number of aromatic nitrogens is 2. The first-order valence-electron chi connectivity index (χ1n) is 5.05. The monoisotopic (exact) mass is 234 g/mol. The van der Waals surface area contributed by atoms with Gasteiger partial charge in [-0.3, -0.25) is 0 Å². The maximum atomic E-state index is 5.10. The van der Waals surface area contributed by atoms with Crippen molar-refractivity contribution < 1.29 is 4.74 Å². The summed E-state index contributed by atoms with van der Waals surface area (Å²) in [5.74, 6) is 0. The van der Waals surface area contributed by atoms with Gasteiger partial charge in [-0.05, 0) is 19.1 Å². The largest absolute Gasteiger partial charge is 0.378 e. The fraction of sp³-hybridized carbons (Fsp3) is 0.250. The normalized spacial score (nSPS) is 10.6. The SMILES string of the molecule is COCc1[nH]cnc1Sc1ccc(C)cc1. The number of benzene rings is 1. The van der Waals surface area contributed by atoms with Crippen molar-refractivity contribution in [1.29, 1.82) is 0 Å². The number of hydrogen-bond acceptors (Lipinski definition) is 3. The van der Waals surface area contributed by atoms with Gasteiger partial charge in [0.1, 0.15) is 5.03 Å². The molecule has 1 heterocycles. The molecule has 0 bridgehead atoms. The first-order valence-corrected chi connectivity index (χ1v) is 5.87. The van der Waals surface area contributed by atoms with Crippen molar-refractivity contribution in [1.82, 2.24) is 9.97 Å². The van der Waals surface area contributed by atoms with E-state index in [-0.39, 0.29) is 0 Å². The predicted octanol–water partition coefficient (Wildman–Crippen LogP) is 3.02. The standard InChI is InChI=1S/C12H14N2OS/c1-9-3-5-10(6-4-9)16-12-11(7-15-2)13-8-14-12/h3-6,8H,7H2,1-2H3,(H,13,14). The Balaban J connectivity index is 2.13. The zero-order valence-electron chi connectivity index (χ0n) is 9.36. The van der Waals surface area contributed by atoms with Gasteiger partial charge in [0, 0.05) is 12.0 Å². The summed E-state index contributed by atoms with van der Waals surface area (Å²) < 4.78 is 5.10. The number of ether oxygens (including phenoxy) is 1. The van der Waals surface area contributed by atoms with Crippen molar-refractivity contribution >= 4 is 11.8 Å². The minimum absolute atomic E-state index is 0.564. The second kappa shape index (κ2) is 5.18. The third-order valence-corrected chi connectivity index (χ3v) is 3.26. The molecule has 1 aromatic heterocycles. The third-order valence-electron chi connectivity index (χ3n) is 2.20. The molecule has 4 heteroatoms. The molecule has 0 spiro atoms. The Kier molecular flexibility index (Phi) is 3.64. The summed E-state index contributed by atoms with van der Waals surface area (Å²) >= 11 is 1.65. The van der Waals surface area contributed by atoms with Gasteiger partial charge in [0.2, 0.25) is 0 Å². The van der Waals surface area contributed by atoms with Crippen molar-refractivity contribution in [3.63, 3.8) is 0 Å². The fourth-order valence-corrected chi connectivity index (χ4v) is 2.20. The van der Waals surface area contributed by atoms with Crippen LogP contribution in [0.15, 0.2) is 40.5 Å². The molecule has 0 saturated carbocycles. The Labute approximate surface area is 99.2 Å². The van der Waals surface area contributed by atoms with Crippen LogP contribution in [0, 0.1) is 6.92 Å². The third kappa shape index (κ3) is 2.65. The highest BCUT2D eigenvalue weighted by Crippen LogP contribution is 2.28. The molecule has 0 fully saturated rings. The lowest BCUT2D eigenvalue weighted by Crippen LogP contribution is -1.89. The molecule has 3 nitrogen and oxygen atoms in total. The summed E-state index contributed by atoms with van der Waals surface area (Å²) in [6.07, 6.45) is 1.70. The number of aromatic amines is 1. The Hall–Kier alpha value is -1.26. The summed E-state index contributed by atoms with van der Waals surface area (Å²) in [6, 6.07) is 8.41. The Bertz CT molecular complexity index is 450. The van der Waals surface area contributed by atoms with Gasteiger partial charge < -0.3 is 9.72 Å². The predicted molar refractivity (Wildman–Crippen MR) is 64.6 cm³/mol. The number of H-pyrrole nitrogens is 1. The van der Waals surface area contributed by atoms with Crippen molar-refractivity contribution in [3.05, 3.63) is 41.9 Å². The highest BCUT2D eigenvalue weighted by molar-refractivity contribution is 7.99. The second-order valence-electron chi connectivity index (χ2n) is 3.53. The second-order valence-corrected chi connectivity index (χ2v) is 4.60.